The predicted molar refractivity (Wildman–Crippen MR) is 164 cm³/mol. The molecule has 1 heterocycles. The molecule has 0 saturated heterocycles. The van der Waals surface area contributed by atoms with Crippen molar-refractivity contribution < 1.29 is 14.3 Å². The van der Waals surface area contributed by atoms with Gasteiger partial charge in [0.15, 0.2) is 5.78 Å². The molecule has 1 aliphatic heterocycles. The highest BCUT2D eigenvalue weighted by molar-refractivity contribution is 6.31. The molecule has 0 radical (unpaired) electrons. The summed E-state index contributed by atoms with van der Waals surface area (Å²) in [5, 5.41) is 3.54. The topological polar surface area (TPSA) is 67.8 Å². The normalized spacial score (nSPS) is 17.8. The summed E-state index contributed by atoms with van der Waals surface area (Å²) in [6.45, 7) is 8.32. The number of carbonyl (C=O) groups is 2. The number of carbonyl (C=O) groups excluding carboxylic acids is 2. The first-order valence-electron chi connectivity index (χ1n) is 14.8. The van der Waals surface area contributed by atoms with Gasteiger partial charge in [-0.1, -0.05) is 54.6 Å². The van der Waals surface area contributed by atoms with Crippen LogP contribution >= 0.6 is 11.6 Å². The Morgan fingerprint density at radius 1 is 1.10 bits per heavy atom. The van der Waals surface area contributed by atoms with Crippen molar-refractivity contribution in [2.75, 3.05) is 6.61 Å². The summed E-state index contributed by atoms with van der Waals surface area (Å²) in [6, 6.07) is 11.1. The number of amides is 1. The van der Waals surface area contributed by atoms with E-state index in [2.05, 4.69) is 11.4 Å². The van der Waals surface area contributed by atoms with Crippen molar-refractivity contribution in [3.05, 3.63) is 69.8 Å². The SMILES string of the molecule is Cc1cc(OCCCC=C2CCCCCCC2)cc2c1N=C(c1cccc(Cl)c1)C(CC(=O)NC(C)(C)C)C2=O. The van der Waals surface area contributed by atoms with Gasteiger partial charge in [0.1, 0.15) is 5.75 Å². The molecule has 2 aliphatic rings. The molecule has 40 heavy (non-hydrogen) atoms. The van der Waals surface area contributed by atoms with Gasteiger partial charge in [0.25, 0.3) is 0 Å². The van der Waals surface area contributed by atoms with Crippen LogP contribution < -0.4 is 10.1 Å². The number of aliphatic imine (C=N–C) groups is 1. The van der Waals surface area contributed by atoms with Crippen LogP contribution in [0.3, 0.4) is 0 Å². The van der Waals surface area contributed by atoms with Crippen LogP contribution in [0.2, 0.25) is 5.02 Å². The molecule has 2 aromatic rings. The van der Waals surface area contributed by atoms with Crippen molar-refractivity contribution in [2.24, 2.45) is 10.9 Å². The summed E-state index contributed by atoms with van der Waals surface area (Å²) in [6.07, 6.45) is 13.5. The summed E-state index contributed by atoms with van der Waals surface area (Å²) in [5.74, 6) is -0.348. The molecule has 214 valence electrons. The number of halogens is 1. The number of hydrogen-bond donors (Lipinski definition) is 1. The number of unbranched alkanes of at least 4 members (excludes halogenated alkanes) is 1. The van der Waals surface area contributed by atoms with Gasteiger partial charge in [0.05, 0.1) is 23.9 Å². The molecule has 0 spiro atoms. The first-order valence-corrected chi connectivity index (χ1v) is 15.1. The van der Waals surface area contributed by atoms with Crippen molar-refractivity contribution in [2.45, 2.75) is 97.4 Å². The Hall–Kier alpha value is -2.92. The zero-order valence-electron chi connectivity index (χ0n) is 24.4. The summed E-state index contributed by atoms with van der Waals surface area (Å²) in [4.78, 5) is 31.8. The molecule has 5 nitrogen and oxygen atoms in total. The van der Waals surface area contributed by atoms with E-state index < -0.39 is 11.5 Å². The van der Waals surface area contributed by atoms with Crippen LogP contribution in [0.5, 0.6) is 5.75 Å². The molecule has 0 bridgehead atoms. The van der Waals surface area contributed by atoms with Crippen molar-refractivity contribution in [1.29, 1.82) is 0 Å². The molecule has 6 heteroatoms. The Balaban J connectivity index is 1.52. The number of nitrogens with one attached hydrogen (secondary N) is 1. The number of hydrogen-bond acceptors (Lipinski definition) is 4. The van der Waals surface area contributed by atoms with E-state index in [1.165, 1.54) is 44.9 Å². The van der Waals surface area contributed by atoms with Crippen LogP contribution in [0, 0.1) is 12.8 Å². The number of Topliss-reactive ketones (excluding diaryl/α,β-unsaturated/α-hetero) is 1. The third kappa shape index (κ3) is 8.30. The van der Waals surface area contributed by atoms with Gasteiger partial charge in [-0.3, -0.25) is 14.6 Å². The Kier molecular flexibility index (Phi) is 10.2. The molecule has 2 aromatic carbocycles. The van der Waals surface area contributed by atoms with E-state index >= 15 is 0 Å². The highest BCUT2D eigenvalue weighted by Gasteiger charge is 2.35. The molecular formula is C34H43ClN2O3. The summed E-state index contributed by atoms with van der Waals surface area (Å²) < 4.78 is 6.12. The number of ether oxygens (including phenoxy) is 1. The summed E-state index contributed by atoms with van der Waals surface area (Å²) in [5.41, 5.74) is 4.53. The van der Waals surface area contributed by atoms with Crippen LogP contribution in [-0.2, 0) is 4.79 Å². The lowest BCUT2D eigenvalue weighted by molar-refractivity contribution is -0.122. The zero-order valence-corrected chi connectivity index (χ0v) is 25.2. The fourth-order valence-corrected chi connectivity index (χ4v) is 5.77. The summed E-state index contributed by atoms with van der Waals surface area (Å²) >= 11 is 6.28. The number of rotatable bonds is 8. The maximum absolute atomic E-state index is 13.9. The van der Waals surface area contributed by atoms with Gasteiger partial charge in [-0.15, -0.1) is 0 Å². The first-order chi connectivity index (χ1) is 19.1. The van der Waals surface area contributed by atoms with Crippen molar-refractivity contribution >= 4 is 34.7 Å². The third-order valence-electron chi connectivity index (χ3n) is 7.49. The monoisotopic (exact) mass is 562 g/mol. The van der Waals surface area contributed by atoms with E-state index in [1.807, 2.05) is 45.9 Å². The van der Waals surface area contributed by atoms with Gasteiger partial charge in [0, 0.05) is 22.5 Å². The van der Waals surface area contributed by atoms with Gasteiger partial charge in [-0.2, -0.15) is 0 Å². The highest BCUT2D eigenvalue weighted by atomic mass is 35.5. The van der Waals surface area contributed by atoms with E-state index in [4.69, 9.17) is 21.3 Å². The molecular weight excluding hydrogens is 520 g/mol. The molecule has 1 amide bonds. The molecule has 1 atom stereocenters. The average molecular weight is 563 g/mol. The first kappa shape index (κ1) is 30.0. The smallest absolute Gasteiger partial charge is 0.221 e. The van der Waals surface area contributed by atoms with Crippen molar-refractivity contribution in [1.82, 2.24) is 5.32 Å². The van der Waals surface area contributed by atoms with Crippen LogP contribution in [-0.4, -0.2) is 29.5 Å². The van der Waals surface area contributed by atoms with E-state index in [0.717, 1.165) is 24.0 Å². The number of ketones is 1. The number of allylic oxidation sites excluding steroid dienone is 2. The number of benzene rings is 2. The fraction of sp³-hybridized carbons (Fsp3) is 0.500. The zero-order chi connectivity index (χ0) is 28.7. The number of nitrogens with zero attached hydrogens (tertiary/aromatic N) is 1. The van der Waals surface area contributed by atoms with Gasteiger partial charge in [-0.25, -0.2) is 0 Å². The van der Waals surface area contributed by atoms with Gasteiger partial charge >= 0.3 is 0 Å². The van der Waals surface area contributed by atoms with Gasteiger partial charge in [0.2, 0.25) is 5.91 Å². The second kappa shape index (κ2) is 13.6. The molecule has 1 saturated carbocycles. The van der Waals surface area contributed by atoms with Crippen LogP contribution in [0.25, 0.3) is 0 Å². The van der Waals surface area contributed by atoms with Crippen molar-refractivity contribution in [3.63, 3.8) is 0 Å². The second-order valence-corrected chi connectivity index (χ2v) is 12.6. The molecule has 1 aliphatic carbocycles. The van der Waals surface area contributed by atoms with E-state index in [0.29, 0.717) is 34.3 Å². The van der Waals surface area contributed by atoms with Crippen LogP contribution in [0.15, 0.2) is 53.0 Å². The maximum Gasteiger partial charge on any atom is 0.221 e. The fourth-order valence-electron chi connectivity index (χ4n) is 5.58. The molecule has 4 rings (SSSR count). The predicted octanol–water partition coefficient (Wildman–Crippen LogP) is 8.72. The Morgan fingerprint density at radius 3 is 2.52 bits per heavy atom. The van der Waals surface area contributed by atoms with Gasteiger partial charge in [-0.05, 0) is 102 Å². The number of aryl methyl sites for hydroxylation is 1. The Labute approximate surface area is 244 Å². The van der Waals surface area contributed by atoms with E-state index in [1.54, 1.807) is 23.8 Å². The van der Waals surface area contributed by atoms with Gasteiger partial charge < -0.3 is 10.1 Å². The maximum atomic E-state index is 13.9. The lowest BCUT2D eigenvalue weighted by Gasteiger charge is -2.27. The molecule has 1 fully saturated rings. The Bertz CT molecular complexity index is 1280. The lowest BCUT2D eigenvalue weighted by atomic mass is 9.82. The standard InChI is InChI=1S/C34H43ClN2O3/c1-23-19-27(40-18-11-10-15-24-13-8-6-5-7-9-14-24)21-28-31(23)36-32(25-16-12-17-26(35)20-25)29(33(28)39)22-30(38)37-34(2,3)4/h12,15-17,19-21,29H,5-11,13-14,18,22H2,1-4H3,(H,37,38). The second-order valence-electron chi connectivity index (χ2n) is 12.2. The molecule has 0 aromatic heterocycles. The quantitative estimate of drug-likeness (QED) is 0.258. The minimum Gasteiger partial charge on any atom is -0.494 e. The molecule has 1 unspecified atom stereocenters. The van der Waals surface area contributed by atoms with Crippen LogP contribution in [0.4, 0.5) is 5.69 Å². The summed E-state index contributed by atoms with van der Waals surface area (Å²) in [7, 11) is 0. The van der Waals surface area contributed by atoms with E-state index in [-0.39, 0.29) is 18.1 Å². The van der Waals surface area contributed by atoms with Crippen molar-refractivity contribution in [3.8, 4) is 5.75 Å². The van der Waals surface area contributed by atoms with Crippen LogP contribution in [0.1, 0.15) is 106 Å². The molecule has 1 N–H and O–H groups in total. The highest BCUT2D eigenvalue weighted by Crippen LogP contribution is 2.38. The average Bonchev–Trinajstić information content (AvgIpc) is 2.85. The number of fused-ring (bicyclic) bond motifs is 1. The third-order valence-corrected chi connectivity index (χ3v) is 7.72. The minimum absolute atomic E-state index is 0.0136. The minimum atomic E-state index is -0.710. The lowest BCUT2D eigenvalue weighted by Crippen LogP contribution is -2.43. The largest absolute Gasteiger partial charge is 0.494 e. The Morgan fingerprint density at radius 2 is 1.82 bits per heavy atom. The van der Waals surface area contributed by atoms with E-state index in [9.17, 15) is 9.59 Å².